The fraction of sp³-hybridized carbons (Fsp3) is 0. The largest absolute Gasteiger partial charge is 0.456 e. The predicted octanol–water partition coefficient (Wildman–Crippen LogP) is 13.3. The van der Waals surface area contributed by atoms with E-state index in [1.54, 1.807) is 0 Å². The molecular formula is C48H28N2O2. The summed E-state index contributed by atoms with van der Waals surface area (Å²) in [5, 5.41) is 9.38. The van der Waals surface area contributed by atoms with Gasteiger partial charge in [-0.25, -0.2) is 0 Å². The average Bonchev–Trinajstić information content (AvgIpc) is 3.95. The molecule has 52 heavy (non-hydrogen) atoms. The Morgan fingerprint density at radius 2 is 0.788 bits per heavy atom. The van der Waals surface area contributed by atoms with Crippen molar-refractivity contribution in [1.82, 2.24) is 9.13 Å². The second-order valence-electron chi connectivity index (χ2n) is 13.7. The van der Waals surface area contributed by atoms with Gasteiger partial charge in [-0.05, 0) is 77.9 Å². The van der Waals surface area contributed by atoms with Gasteiger partial charge >= 0.3 is 0 Å². The SMILES string of the molecule is c1ccc2c(c1)oc1c(-n3c4ccccc4c4cc(-c5ccc6c(c5)c5ccccc5n6-c5cccc6oc7ccccc7c56)ccc43)cccc12. The molecule has 0 aliphatic carbocycles. The lowest BCUT2D eigenvalue weighted by atomic mass is 10.0. The van der Waals surface area contributed by atoms with Crippen LogP contribution in [-0.2, 0) is 0 Å². The molecule has 4 nitrogen and oxygen atoms in total. The van der Waals surface area contributed by atoms with Crippen LogP contribution in [0.25, 0.3) is 110 Å². The molecule has 0 radical (unpaired) electrons. The quantitative estimate of drug-likeness (QED) is 0.188. The van der Waals surface area contributed by atoms with Crippen LogP contribution in [-0.4, -0.2) is 9.13 Å². The Balaban J connectivity index is 1.07. The third kappa shape index (κ3) is 3.70. The Kier molecular flexibility index (Phi) is 5.47. The highest BCUT2D eigenvalue weighted by Gasteiger charge is 2.20. The van der Waals surface area contributed by atoms with Crippen LogP contribution in [0.4, 0.5) is 0 Å². The molecule has 0 saturated carbocycles. The molecule has 0 aliphatic rings. The van der Waals surface area contributed by atoms with Gasteiger partial charge in [-0.15, -0.1) is 0 Å². The van der Waals surface area contributed by atoms with E-state index < -0.39 is 0 Å². The molecule has 0 saturated heterocycles. The van der Waals surface area contributed by atoms with E-state index >= 15 is 0 Å². The summed E-state index contributed by atoms with van der Waals surface area (Å²) in [6.45, 7) is 0. The minimum Gasteiger partial charge on any atom is -0.456 e. The van der Waals surface area contributed by atoms with Crippen LogP contribution in [0.15, 0.2) is 179 Å². The maximum atomic E-state index is 6.52. The molecule has 0 aliphatic heterocycles. The molecule has 0 atom stereocenters. The van der Waals surface area contributed by atoms with Gasteiger partial charge in [-0.3, -0.25) is 0 Å². The lowest BCUT2D eigenvalue weighted by molar-refractivity contribution is 0.666. The summed E-state index contributed by atoms with van der Waals surface area (Å²) < 4.78 is 17.6. The molecule has 12 rings (SSSR count). The summed E-state index contributed by atoms with van der Waals surface area (Å²) in [7, 11) is 0. The zero-order valence-electron chi connectivity index (χ0n) is 27.9. The number of para-hydroxylation sites is 5. The number of hydrogen-bond acceptors (Lipinski definition) is 2. The summed E-state index contributed by atoms with van der Waals surface area (Å²) in [6.07, 6.45) is 0. The van der Waals surface area contributed by atoms with Crippen molar-refractivity contribution in [3.05, 3.63) is 170 Å². The van der Waals surface area contributed by atoms with Crippen LogP contribution in [0.2, 0.25) is 0 Å². The minimum absolute atomic E-state index is 0.894. The van der Waals surface area contributed by atoms with Crippen LogP contribution < -0.4 is 0 Å². The van der Waals surface area contributed by atoms with Crippen molar-refractivity contribution in [2.75, 3.05) is 0 Å². The Morgan fingerprint density at radius 3 is 1.48 bits per heavy atom. The molecule has 4 heteroatoms. The van der Waals surface area contributed by atoms with Gasteiger partial charge in [0.1, 0.15) is 16.7 Å². The number of aromatic nitrogens is 2. The summed E-state index contributed by atoms with van der Waals surface area (Å²) in [5.74, 6) is 0. The zero-order valence-corrected chi connectivity index (χ0v) is 27.9. The molecule has 0 N–H and O–H groups in total. The molecule has 0 amide bonds. The van der Waals surface area contributed by atoms with Gasteiger partial charge in [0.2, 0.25) is 0 Å². The van der Waals surface area contributed by atoms with Crippen molar-refractivity contribution in [1.29, 1.82) is 0 Å². The molecule has 12 aromatic rings. The van der Waals surface area contributed by atoms with Gasteiger partial charge in [0.25, 0.3) is 0 Å². The monoisotopic (exact) mass is 664 g/mol. The molecule has 0 unspecified atom stereocenters. The first-order chi connectivity index (χ1) is 25.8. The van der Waals surface area contributed by atoms with E-state index in [1.807, 2.05) is 24.3 Å². The zero-order chi connectivity index (χ0) is 33.9. The van der Waals surface area contributed by atoms with Gasteiger partial charge in [-0.1, -0.05) is 103 Å². The summed E-state index contributed by atoms with van der Waals surface area (Å²) >= 11 is 0. The second kappa shape index (κ2) is 10.3. The number of benzene rings is 8. The molecule has 242 valence electrons. The van der Waals surface area contributed by atoms with Crippen LogP contribution in [0.3, 0.4) is 0 Å². The first-order valence-electron chi connectivity index (χ1n) is 17.7. The number of rotatable bonds is 3. The Labute approximate surface area is 296 Å². The summed E-state index contributed by atoms with van der Waals surface area (Å²) in [6, 6.07) is 60.6. The Hall–Kier alpha value is -7.04. The first kappa shape index (κ1) is 27.7. The fourth-order valence-corrected chi connectivity index (χ4v) is 8.67. The van der Waals surface area contributed by atoms with E-state index in [9.17, 15) is 0 Å². The van der Waals surface area contributed by atoms with Crippen molar-refractivity contribution in [3.63, 3.8) is 0 Å². The standard InChI is InChI=1S/C48H28N2O2/c1-5-16-38-31(11-1)36-27-29(23-25-40(36)49(38)42-18-10-22-46-47(42)35-14-4-8-21-45(35)51-46)30-24-26-41-37(28-30)32-12-2-6-17-39(32)50(41)43-19-9-15-34-33-13-3-7-20-44(33)52-48(34)43/h1-28H. The van der Waals surface area contributed by atoms with Gasteiger partial charge in [0.05, 0.1) is 38.8 Å². The molecule has 0 spiro atoms. The van der Waals surface area contributed by atoms with Gasteiger partial charge in [0, 0.05) is 37.7 Å². The smallest absolute Gasteiger partial charge is 0.159 e. The van der Waals surface area contributed by atoms with E-state index in [0.29, 0.717) is 0 Å². The van der Waals surface area contributed by atoms with Gasteiger partial charge in [-0.2, -0.15) is 0 Å². The maximum absolute atomic E-state index is 6.52. The summed E-state index contributed by atoms with van der Waals surface area (Å²) in [4.78, 5) is 0. The van der Waals surface area contributed by atoms with E-state index in [4.69, 9.17) is 8.83 Å². The van der Waals surface area contributed by atoms with Crippen LogP contribution in [0.5, 0.6) is 0 Å². The van der Waals surface area contributed by atoms with Gasteiger partial charge in [0.15, 0.2) is 5.58 Å². The number of nitrogens with zero attached hydrogens (tertiary/aromatic N) is 2. The predicted molar refractivity (Wildman–Crippen MR) is 215 cm³/mol. The molecule has 0 fully saturated rings. The van der Waals surface area contributed by atoms with Crippen molar-refractivity contribution in [2.45, 2.75) is 0 Å². The highest BCUT2D eigenvalue weighted by molar-refractivity contribution is 6.16. The van der Waals surface area contributed by atoms with Crippen LogP contribution in [0.1, 0.15) is 0 Å². The maximum Gasteiger partial charge on any atom is 0.159 e. The number of furan rings is 2. The molecule has 0 bridgehead atoms. The normalized spacial score (nSPS) is 12.2. The molecule has 4 aromatic heterocycles. The third-order valence-corrected chi connectivity index (χ3v) is 10.9. The van der Waals surface area contributed by atoms with E-state index in [1.165, 1.54) is 43.7 Å². The second-order valence-corrected chi connectivity index (χ2v) is 13.7. The molecule has 8 aromatic carbocycles. The lowest BCUT2D eigenvalue weighted by Crippen LogP contribution is -1.94. The Morgan fingerprint density at radius 1 is 0.308 bits per heavy atom. The third-order valence-electron chi connectivity index (χ3n) is 10.9. The minimum atomic E-state index is 0.894. The van der Waals surface area contributed by atoms with E-state index in [0.717, 1.165) is 66.3 Å². The van der Waals surface area contributed by atoms with Crippen LogP contribution in [0, 0.1) is 0 Å². The topological polar surface area (TPSA) is 36.1 Å². The lowest BCUT2D eigenvalue weighted by Gasteiger charge is -2.10. The van der Waals surface area contributed by atoms with Gasteiger partial charge < -0.3 is 18.0 Å². The van der Waals surface area contributed by atoms with E-state index in [2.05, 4.69) is 155 Å². The Bertz CT molecular complexity index is 3420. The molecule has 4 heterocycles. The summed E-state index contributed by atoms with van der Waals surface area (Å²) in [5.41, 5.74) is 12.8. The van der Waals surface area contributed by atoms with Crippen molar-refractivity contribution >= 4 is 87.5 Å². The molecular weight excluding hydrogens is 637 g/mol. The van der Waals surface area contributed by atoms with Crippen molar-refractivity contribution in [3.8, 4) is 22.5 Å². The highest BCUT2D eigenvalue weighted by atomic mass is 16.3. The first-order valence-corrected chi connectivity index (χ1v) is 17.7. The van der Waals surface area contributed by atoms with E-state index in [-0.39, 0.29) is 0 Å². The van der Waals surface area contributed by atoms with Crippen molar-refractivity contribution in [2.24, 2.45) is 0 Å². The fourth-order valence-electron chi connectivity index (χ4n) is 8.67. The highest BCUT2D eigenvalue weighted by Crippen LogP contribution is 2.42. The number of fused-ring (bicyclic) bond motifs is 12. The average molecular weight is 665 g/mol. The number of hydrogen-bond donors (Lipinski definition) is 0. The van der Waals surface area contributed by atoms with Crippen molar-refractivity contribution < 1.29 is 8.83 Å². The van der Waals surface area contributed by atoms with Crippen LogP contribution >= 0.6 is 0 Å².